The van der Waals surface area contributed by atoms with Crippen LogP contribution in [0, 0.1) is 6.07 Å². The average Bonchev–Trinajstić information content (AvgIpc) is 2.52. The highest BCUT2D eigenvalue weighted by molar-refractivity contribution is 5.84. The predicted octanol–water partition coefficient (Wildman–Crippen LogP) is 1.12. The van der Waals surface area contributed by atoms with Crippen LogP contribution < -0.4 is 10.6 Å². The molecular weight excluding hydrogens is 325 g/mol. The third-order valence-electron chi connectivity index (χ3n) is 4.09. The number of nitrogens with two attached hydrogens (primary N) is 1. The number of anilines is 1. The summed E-state index contributed by atoms with van der Waals surface area (Å²) >= 11 is 0. The fourth-order valence-corrected chi connectivity index (χ4v) is 2.82. The molecule has 6 nitrogen and oxygen atoms in total. The minimum atomic E-state index is -4.56. The van der Waals surface area contributed by atoms with Gasteiger partial charge in [0.15, 0.2) is 0 Å². The lowest BCUT2D eigenvalue weighted by molar-refractivity contribution is -0.162. The third kappa shape index (κ3) is 4.36. The van der Waals surface area contributed by atoms with Gasteiger partial charge >= 0.3 is 6.18 Å². The van der Waals surface area contributed by atoms with Crippen LogP contribution in [0.15, 0.2) is 18.3 Å². The lowest BCUT2D eigenvalue weighted by atomic mass is 9.95. The summed E-state index contributed by atoms with van der Waals surface area (Å²) in [6, 6.07) is 4.87. The Morgan fingerprint density at radius 1 is 1.50 bits per heavy atom. The van der Waals surface area contributed by atoms with Crippen molar-refractivity contribution in [2.75, 3.05) is 18.5 Å². The van der Waals surface area contributed by atoms with Crippen LogP contribution in [-0.4, -0.2) is 53.6 Å². The maximum absolute atomic E-state index is 12.4. The maximum atomic E-state index is 12.4. The third-order valence-corrected chi connectivity index (χ3v) is 4.09. The molecule has 0 bridgehead atoms. The van der Waals surface area contributed by atoms with E-state index in [0.717, 1.165) is 4.90 Å². The lowest BCUT2D eigenvalue weighted by Gasteiger charge is -2.41. The number of carbonyl (C=O) groups excluding carboxylic acids is 2. The number of carbonyl (C=O) groups is 2. The highest BCUT2D eigenvalue weighted by atomic mass is 19.4. The molecular formula is C15H18F3N4O2. The molecule has 2 rings (SSSR count). The normalized spacial score (nSPS) is 21.4. The van der Waals surface area contributed by atoms with Crippen LogP contribution in [0.2, 0.25) is 0 Å². The summed E-state index contributed by atoms with van der Waals surface area (Å²) in [6.07, 6.45) is -4.03. The van der Waals surface area contributed by atoms with Crippen LogP contribution in [-0.2, 0) is 9.59 Å². The van der Waals surface area contributed by atoms with E-state index in [9.17, 15) is 22.8 Å². The number of hydrogen-bond donors (Lipinski definition) is 1. The Bertz CT molecular complexity index is 594. The van der Waals surface area contributed by atoms with Crippen LogP contribution >= 0.6 is 0 Å². The average molecular weight is 343 g/mol. The van der Waals surface area contributed by atoms with Gasteiger partial charge in [-0.2, -0.15) is 13.2 Å². The van der Waals surface area contributed by atoms with Crippen LogP contribution in [0.3, 0.4) is 0 Å². The molecule has 1 saturated heterocycles. The Kier molecular flexibility index (Phi) is 5.30. The van der Waals surface area contributed by atoms with Crippen molar-refractivity contribution in [2.24, 2.45) is 5.73 Å². The molecule has 0 aromatic carbocycles. The summed E-state index contributed by atoms with van der Waals surface area (Å²) in [4.78, 5) is 30.4. The topological polar surface area (TPSA) is 79.5 Å². The van der Waals surface area contributed by atoms with Gasteiger partial charge in [0.05, 0.1) is 0 Å². The number of halogens is 3. The quantitative estimate of drug-likeness (QED) is 0.888. The van der Waals surface area contributed by atoms with Crippen molar-refractivity contribution in [2.45, 2.75) is 37.5 Å². The summed E-state index contributed by atoms with van der Waals surface area (Å²) in [5.74, 6) is -1.08. The number of primary amides is 1. The molecule has 2 unspecified atom stereocenters. The van der Waals surface area contributed by atoms with E-state index in [-0.39, 0.29) is 6.42 Å². The summed E-state index contributed by atoms with van der Waals surface area (Å²) in [7, 11) is 1.32. The molecule has 1 aromatic rings. The Morgan fingerprint density at radius 2 is 2.21 bits per heavy atom. The first kappa shape index (κ1) is 18.0. The minimum Gasteiger partial charge on any atom is -0.368 e. The van der Waals surface area contributed by atoms with Crippen LogP contribution in [0.25, 0.3) is 0 Å². The Hall–Kier alpha value is -2.32. The van der Waals surface area contributed by atoms with Gasteiger partial charge in [0.1, 0.15) is 18.3 Å². The molecule has 2 N–H and O–H groups in total. The second-order valence-electron chi connectivity index (χ2n) is 5.70. The van der Waals surface area contributed by atoms with Crippen molar-refractivity contribution in [1.29, 1.82) is 0 Å². The summed E-state index contributed by atoms with van der Waals surface area (Å²) in [5, 5.41) is 0. The molecule has 24 heavy (non-hydrogen) atoms. The zero-order valence-electron chi connectivity index (χ0n) is 13.1. The van der Waals surface area contributed by atoms with Crippen molar-refractivity contribution in [1.82, 2.24) is 9.88 Å². The number of rotatable bonds is 4. The van der Waals surface area contributed by atoms with Gasteiger partial charge in [-0.15, -0.1) is 0 Å². The molecule has 0 spiro atoms. The van der Waals surface area contributed by atoms with Crippen LogP contribution in [0.5, 0.6) is 0 Å². The SMILES string of the molecule is CN(C(=O)CC(F)(F)F)C1CCN(c2cc[c]cn2)C(C(N)=O)C1. The van der Waals surface area contributed by atoms with E-state index in [0.29, 0.717) is 18.8 Å². The summed E-state index contributed by atoms with van der Waals surface area (Å²) in [5.41, 5.74) is 5.44. The molecule has 2 amide bonds. The van der Waals surface area contributed by atoms with Gasteiger partial charge in [0.2, 0.25) is 11.8 Å². The van der Waals surface area contributed by atoms with Crippen molar-refractivity contribution < 1.29 is 22.8 Å². The molecule has 1 aliphatic heterocycles. The van der Waals surface area contributed by atoms with E-state index in [4.69, 9.17) is 5.73 Å². The second kappa shape index (κ2) is 7.06. The number of hydrogen-bond acceptors (Lipinski definition) is 4. The molecule has 131 valence electrons. The predicted molar refractivity (Wildman–Crippen MR) is 79.9 cm³/mol. The zero-order valence-corrected chi connectivity index (χ0v) is 13.1. The van der Waals surface area contributed by atoms with Crippen molar-refractivity contribution in [3.8, 4) is 0 Å². The zero-order chi connectivity index (χ0) is 17.9. The molecule has 1 fully saturated rings. The molecule has 9 heteroatoms. The van der Waals surface area contributed by atoms with E-state index < -0.39 is 36.5 Å². The Labute approximate surface area is 137 Å². The van der Waals surface area contributed by atoms with E-state index >= 15 is 0 Å². The van der Waals surface area contributed by atoms with E-state index in [2.05, 4.69) is 11.1 Å². The number of amides is 2. The van der Waals surface area contributed by atoms with Gasteiger partial charge < -0.3 is 15.5 Å². The van der Waals surface area contributed by atoms with Gasteiger partial charge in [-0.05, 0) is 25.0 Å². The molecule has 2 atom stereocenters. The molecule has 1 radical (unpaired) electrons. The Balaban J connectivity index is 2.10. The van der Waals surface area contributed by atoms with Crippen molar-refractivity contribution in [3.63, 3.8) is 0 Å². The first-order valence-corrected chi connectivity index (χ1v) is 7.39. The van der Waals surface area contributed by atoms with Crippen LogP contribution in [0.1, 0.15) is 19.3 Å². The van der Waals surface area contributed by atoms with Crippen molar-refractivity contribution >= 4 is 17.6 Å². The number of pyridine rings is 1. The molecule has 2 heterocycles. The number of nitrogens with zero attached hydrogens (tertiary/aromatic N) is 3. The largest absolute Gasteiger partial charge is 0.397 e. The number of piperidine rings is 1. The molecule has 0 saturated carbocycles. The highest BCUT2D eigenvalue weighted by Crippen LogP contribution is 2.27. The lowest BCUT2D eigenvalue weighted by Crippen LogP contribution is -2.55. The van der Waals surface area contributed by atoms with Gasteiger partial charge in [-0.1, -0.05) is 0 Å². The fraction of sp³-hybridized carbons (Fsp3) is 0.533. The maximum Gasteiger partial charge on any atom is 0.397 e. The molecule has 1 aromatic heterocycles. The van der Waals surface area contributed by atoms with Crippen molar-refractivity contribution in [3.05, 3.63) is 24.4 Å². The summed E-state index contributed by atoms with van der Waals surface area (Å²) in [6.45, 7) is 0.360. The van der Waals surface area contributed by atoms with Gasteiger partial charge in [0.25, 0.3) is 0 Å². The van der Waals surface area contributed by atoms with Gasteiger partial charge in [-0.25, -0.2) is 4.98 Å². The molecule has 0 aliphatic carbocycles. The molecule has 1 aliphatic rings. The second-order valence-corrected chi connectivity index (χ2v) is 5.70. The Morgan fingerprint density at radius 3 is 2.75 bits per heavy atom. The number of alkyl halides is 3. The van der Waals surface area contributed by atoms with Crippen LogP contribution in [0.4, 0.5) is 19.0 Å². The minimum absolute atomic E-state index is 0.162. The summed E-state index contributed by atoms with van der Waals surface area (Å²) < 4.78 is 37.1. The van der Waals surface area contributed by atoms with E-state index in [1.807, 2.05) is 0 Å². The first-order valence-electron chi connectivity index (χ1n) is 7.39. The highest BCUT2D eigenvalue weighted by Gasteiger charge is 2.38. The van der Waals surface area contributed by atoms with E-state index in [1.165, 1.54) is 13.2 Å². The number of aromatic nitrogens is 1. The monoisotopic (exact) mass is 343 g/mol. The van der Waals surface area contributed by atoms with Gasteiger partial charge in [-0.3, -0.25) is 9.59 Å². The first-order chi connectivity index (χ1) is 11.2. The standard InChI is InChI=1S/C15H18F3N4O2/c1-21(13(23)9-15(16,17)18)10-5-7-22(11(8-10)14(19)24)12-4-2-3-6-20-12/h2,4,6,10-11H,5,7-9H2,1H3,(H2,19,24). The van der Waals surface area contributed by atoms with E-state index in [1.54, 1.807) is 17.0 Å². The fourth-order valence-electron chi connectivity index (χ4n) is 2.82. The smallest absolute Gasteiger partial charge is 0.368 e. The van der Waals surface area contributed by atoms with Gasteiger partial charge in [0, 0.05) is 31.9 Å².